The highest BCUT2D eigenvalue weighted by Crippen LogP contribution is 2.56. The van der Waals surface area contributed by atoms with Crippen molar-refractivity contribution in [2.24, 2.45) is 5.41 Å². The van der Waals surface area contributed by atoms with Crippen LogP contribution in [0.15, 0.2) is 70.7 Å². The zero-order valence-electron chi connectivity index (χ0n) is 23.3. The van der Waals surface area contributed by atoms with Gasteiger partial charge in [0.05, 0.1) is 17.7 Å². The lowest BCUT2D eigenvalue weighted by molar-refractivity contribution is -0.131. The van der Waals surface area contributed by atoms with Gasteiger partial charge in [0, 0.05) is 47.9 Å². The number of carbonyl (C=O) groups is 1. The quantitative estimate of drug-likeness (QED) is 0.315. The van der Waals surface area contributed by atoms with E-state index in [0.29, 0.717) is 17.8 Å². The first kappa shape index (κ1) is 28.0. The van der Waals surface area contributed by atoms with Crippen LogP contribution in [0.5, 0.6) is 0 Å². The van der Waals surface area contributed by atoms with E-state index in [0.717, 1.165) is 46.8 Å². The second kappa shape index (κ2) is 10.1. The number of rotatable bonds is 7. The van der Waals surface area contributed by atoms with Gasteiger partial charge in [0.25, 0.3) is 0 Å². The molecule has 0 bridgehead atoms. The van der Waals surface area contributed by atoms with Crippen LogP contribution in [0, 0.1) is 5.41 Å². The monoisotopic (exact) mass is 553 g/mol. The summed E-state index contributed by atoms with van der Waals surface area (Å²) in [5.41, 5.74) is 0.0849. The summed E-state index contributed by atoms with van der Waals surface area (Å²) in [5, 5.41) is 14.2. The molecule has 6 nitrogen and oxygen atoms in total. The lowest BCUT2D eigenvalue weighted by Crippen LogP contribution is -2.54. The van der Waals surface area contributed by atoms with Crippen LogP contribution in [0.1, 0.15) is 52.0 Å². The predicted molar refractivity (Wildman–Crippen MR) is 148 cm³/mol. The SMILES string of the molecule is CCn1cc(-c2ccc3oc4c(c3c2)C[C@@H](C)N(CC(C)(C)F)[C@@H]4[C@@]2(C)C(F)=CC(/C=C/C(=O)O)=CC2F)cn1. The van der Waals surface area contributed by atoms with Gasteiger partial charge in [-0.25, -0.2) is 18.0 Å². The second-order valence-corrected chi connectivity index (χ2v) is 11.6. The molecule has 4 atom stereocenters. The number of carboxylic acid groups (broad SMARTS) is 1. The Balaban J connectivity index is 1.66. The number of aromatic nitrogens is 2. The Morgan fingerprint density at radius 1 is 1.32 bits per heavy atom. The molecule has 0 saturated carbocycles. The van der Waals surface area contributed by atoms with Crippen molar-refractivity contribution >= 4 is 16.9 Å². The highest BCUT2D eigenvalue weighted by Gasteiger charge is 2.55. The number of halogens is 3. The van der Waals surface area contributed by atoms with Crippen LogP contribution >= 0.6 is 0 Å². The molecule has 40 heavy (non-hydrogen) atoms. The molecule has 0 spiro atoms. The largest absolute Gasteiger partial charge is 0.478 e. The lowest BCUT2D eigenvalue weighted by atomic mass is 9.69. The molecule has 1 N–H and O–H groups in total. The van der Waals surface area contributed by atoms with Crippen molar-refractivity contribution in [3.8, 4) is 11.1 Å². The van der Waals surface area contributed by atoms with Crippen molar-refractivity contribution in [2.75, 3.05) is 6.54 Å². The number of allylic oxidation sites excluding steroid dienone is 4. The zero-order valence-corrected chi connectivity index (χ0v) is 23.3. The molecular weight excluding hydrogens is 519 g/mol. The average Bonchev–Trinajstić information content (AvgIpc) is 3.50. The second-order valence-electron chi connectivity index (χ2n) is 11.6. The van der Waals surface area contributed by atoms with Gasteiger partial charge in [-0.15, -0.1) is 0 Å². The summed E-state index contributed by atoms with van der Waals surface area (Å²) >= 11 is 0. The van der Waals surface area contributed by atoms with Crippen LogP contribution in [0.3, 0.4) is 0 Å². The molecule has 2 aliphatic rings. The van der Waals surface area contributed by atoms with Crippen LogP contribution in [-0.4, -0.2) is 50.2 Å². The van der Waals surface area contributed by atoms with Crippen molar-refractivity contribution in [1.29, 1.82) is 0 Å². The number of hydrogen-bond donors (Lipinski definition) is 1. The van der Waals surface area contributed by atoms with Crippen molar-refractivity contribution in [3.05, 3.63) is 77.6 Å². The van der Waals surface area contributed by atoms with Crippen molar-refractivity contribution in [2.45, 2.75) is 71.5 Å². The lowest BCUT2D eigenvalue weighted by Gasteiger charge is -2.50. The molecule has 212 valence electrons. The Kier molecular flexibility index (Phi) is 7.06. The minimum absolute atomic E-state index is 0.0537. The Labute approximate surface area is 231 Å². The summed E-state index contributed by atoms with van der Waals surface area (Å²) in [6.45, 7) is 9.02. The maximum Gasteiger partial charge on any atom is 0.328 e. The summed E-state index contributed by atoms with van der Waals surface area (Å²) < 4.78 is 55.6. The summed E-state index contributed by atoms with van der Waals surface area (Å²) in [6, 6.07) is 4.61. The summed E-state index contributed by atoms with van der Waals surface area (Å²) in [6.07, 6.45) is 6.82. The Morgan fingerprint density at radius 2 is 2.08 bits per heavy atom. The van der Waals surface area contributed by atoms with E-state index in [4.69, 9.17) is 9.52 Å². The number of hydrogen-bond acceptors (Lipinski definition) is 4. The van der Waals surface area contributed by atoms with Gasteiger partial charge in [-0.2, -0.15) is 5.10 Å². The number of aliphatic carboxylic acids is 1. The molecule has 2 aromatic heterocycles. The van der Waals surface area contributed by atoms with Crippen LogP contribution in [0.25, 0.3) is 22.1 Å². The summed E-state index contributed by atoms with van der Waals surface area (Å²) in [7, 11) is 0. The third-order valence-corrected chi connectivity index (χ3v) is 8.02. The number of nitrogens with zero attached hydrogens (tertiary/aromatic N) is 3. The molecular formula is C31H34F3N3O3. The predicted octanol–water partition coefficient (Wildman–Crippen LogP) is 7.13. The molecule has 0 fully saturated rings. The van der Waals surface area contributed by atoms with Gasteiger partial charge in [-0.3, -0.25) is 9.58 Å². The molecule has 0 radical (unpaired) electrons. The van der Waals surface area contributed by atoms with E-state index in [1.165, 1.54) is 26.8 Å². The van der Waals surface area contributed by atoms with Crippen molar-refractivity contribution in [1.82, 2.24) is 14.7 Å². The fraction of sp³-hybridized carbons (Fsp3) is 0.419. The molecule has 5 rings (SSSR count). The van der Waals surface area contributed by atoms with Gasteiger partial charge in [0.2, 0.25) is 0 Å². The fourth-order valence-corrected chi connectivity index (χ4v) is 5.96. The van der Waals surface area contributed by atoms with E-state index < -0.39 is 35.1 Å². The highest BCUT2D eigenvalue weighted by atomic mass is 19.1. The Bertz CT molecular complexity index is 1540. The van der Waals surface area contributed by atoms with E-state index in [1.807, 2.05) is 47.8 Å². The highest BCUT2D eigenvalue weighted by molar-refractivity contribution is 5.87. The van der Waals surface area contributed by atoms with Crippen LogP contribution in [0.2, 0.25) is 0 Å². The van der Waals surface area contributed by atoms with E-state index >= 15 is 13.2 Å². The molecule has 1 unspecified atom stereocenters. The first-order chi connectivity index (χ1) is 18.8. The number of benzene rings is 1. The molecule has 3 aromatic rings. The molecule has 0 saturated heterocycles. The van der Waals surface area contributed by atoms with E-state index in [-0.39, 0.29) is 18.2 Å². The Morgan fingerprint density at radius 3 is 2.70 bits per heavy atom. The van der Waals surface area contributed by atoms with E-state index in [9.17, 15) is 4.79 Å². The molecule has 0 amide bonds. The summed E-state index contributed by atoms with van der Waals surface area (Å²) in [4.78, 5) is 12.8. The van der Waals surface area contributed by atoms with Crippen molar-refractivity contribution < 1.29 is 27.5 Å². The van der Waals surface area contributed by atoms with Crippen LogP contribution in [0.4, 0.5) is 13.2 Å². The van der Waals surface area contributed by atoms with Crippen molar-refractivity contribution in [3.63, 3.8) is 0 Å². The van der Waals surface area contributed by atoms with Gasteiger partial charge in [0.1, 0.15) is 29.0 Å². The van der Waals surface area contributed by atoms with Gasteiger partial charge >= 0.3 is 5.97 Å². The normalized spacial score (nSPS) is 25.8. The minimum Gasteiger partial charge on any atom is -0.478 e. The number of aryl methyl sites for hydroxylation is 1. The first-order valence-corrected chi connectivity index (χ1v) is 13.5. The van der Waals surface area contributed by atoms with Gasteiger partial charge in [0.15, 0.2) is 0 Å². The number of alkyl halides is 2. The zero-order chi connectivity index (χ0) is 29.0. The fourth-order valence-electron chi connectivity index (χ4n) is 5.96. The molecule has 1 aliphatic carbocycles. The number of fused-ring (bicyclic) bond motifs is 3. The maximum atomic E-state index is 16.1. The topological polar surface area (TPSA) is 71.5 Å². The Hall–Kier alpha value is -3.59. The van der Waals surface area contributed by atoms with Gasteiger partial charge in [-0.05, 0) is 82.5 Å². The van der Waals surface area contributed by atoms with E-state index in [2.05, 4.69) is 5.10 Å². The standard InChI is InChI=1S/C31H34F3N3O3/c1-6-36-16-21(15-35-36)20-8-9-24-22(14-20)23-11-18(2)37(17-30(3,4)34)29(28(23)40-24)31(5)25(32)12-19(13-26(31)33)7-10-27(38)39/h7-10,12-16,18,25,29H,6,11,17H2,1-5H3,(H,38,39)/b10-7+/t18-,25?,29+,31-/m1/s1. The number of carboxylic acids is 1. The summed E-state index contributed by atoms with van der Waals surface area (Å²) in [5.74, 6) is -1.55. The molecule has 1 aliphatic heterocycles. The van der Waals surface area contributed by atoms with Crippen LogP contribution < -0.4 is 0 Å². The molecule has 3 heterocycles. The average molecular weight is 554 g/mol. The minimum atomic E-state index is -1.83. The third kappa shape index (κ3) is 4.91. The molecule has 9 heteroatoms. The smallest absolute Gasteiger partial charge is 0.328 e. The maximum absolute atomic E-state index is 16.1. The van der Waals surface area contributed by atoms with Gasteiger partial charge in [-0.1, -0.05) is 6.07 Å². The third-order valence-electron chi connectivity index (χ3n) is 8.02. The van der Waals surface area contributed by atoms with Gasteiger partial charge < -0.3 is 9.52 Å². The van der Waals surface area contributed by atoms with Crippen LogP contribution in [-0.2, 0) is 17.8 Å². The first-order valence-electron chi connectivity index (χ1n) is 13.5. The number of furan rings is 1. The van der Waals surface area contributed by atoms with E-state index in [1.54, 1.807) is 6.20 Å². The molecule has 1 aromatic carbocycles.